The first-order chi connectivity index (χ1) is 12.5. The number of rotatable bonds is 6. The molecule has 1 N–H and O–H groups in total. The maximum atomic E-state index is 12.7. The number of sulfonamides is 1. The molecule has 2 aliphatic heterocycles. The number of carbonyl (C=O) groups is 1. The average Bonchev–Trinajstić information content (AvgIpc) is 3.12. The molecule has 2 fully saturated rings. The predicted octanol–water partition coefficient (Wildman–Crippen LogP) is 2.35. The fraction of sp³-hybridized carbons (Fsp3) is 0.722. The maximum Gasteiger partial charge on any atom is 0.252 e. The van der Waals surface area contributed by atoms with Crippen molar-refractivity contribution in [3.63, 3.8) is 0 Å². The highest BCUT2D eigenvalue weighted by Crippen LogP contribution is 2.28. The Morgan fingerprint density at radius 3 is 2.44 bits per heavy atom. The smallest absolute Gasteiger partial charge is 0.252 e. The van der Waals surface area contributed by atoms with E-state index in [2.05, 4.69) is 5.32 Å². The lowest BCUT2D eigenvalue weighted by Crippen LogP contribution is -2.41. The number of hydrogen-bond acceptors (Lipinski definition) is 5. The van der Waals surface area contributed by atoms with Gasteiger partial charge in [-0.15, -0.1) is 23.7 Å². The van der Waals surface area contributed by atoms with E-state index in [0.717, 1.165) is 56.6 Å². The van der Waals surface area contributed by atoms with E-state index < -0.39 is 10.0 Å². The average molecular weight is 436 g/mol. The van der Waals surface area contributed by atoms with Gasteiger partial charge >= 0.3 is 0 Å². The van der Waals surface area contributed by atoms with Crippen molar-refractivity contribution in [2.45, 2.75) is 42.7 Å². The van der Waals surface area contributed by atoms with Crippen molar-refractivity contribution in [2.75, 3.05) is 39.8 Å². The zero-order valence-corrected chi connectivity index (χ0v) is 18.3. The first-order valence-electron chi connectivity index (χ1n) is 9.52. The Morgan fingerprint density at radius 1 is 1.15 bits per heavy atom. The molecule has 1 aromatic heterocycles. The molecule has 6 nitrogen and oxygen atoms in total. The molecule has 1 amide bonds. The summed E-state index contributed by atoms with van der Waals surface area (Å²) in [6, 6.07) is 3.46. The summed E-state index contributed by atoms with van der Waals surface area (Å²) in [4.78, 5) is 15.3. The van der Waals surface area contributed by atoms with Crippen molar-refractivity contribution in [3.05, 3.63) is 17.0 Å². The highest BCUT2D eigenvalue weighted by molar-refractivity contribution is 7.91. The van der Waals surface area contributed by atoms with E-state index >= 15 is 0 Å². The Bertz CT molecular complexity index is 709. The van der Waals surface area contributed by atoms with Crippen LogP contribution in [0.4, 0.5) is 0 Å². The second kappa shape index (κ2) is 10.2. The lowest BCUT2D eigenvalue weighted by molar-refractivity contribution is -0.131. The van der Waals surface area contributed by atoms with Crippen molar-refractivity contribution in [1.29, 1.82) is 0 Å². The fourth-order valence-corrected chi connectivity index (χ4v) is 6.78. The topological polar surface area (TPSA) is 69.7 Å². The molecule has 0 unspecified atom stereocenters. The van der Waals surface area contributed by atoms with E-state index in [9.17, 15) is 13.2 Å². The molecule has 2 aliphatic rings. The van der Waals surface area contributed by atoms with E-state index in [1.807, 2.05) is 11.9 Å². The molecule has 27 heavy (non-hydrogen) atoms. The number of hydrogen-bond donors (Lipinski definition) is 1. The first kappa shape index (κ1) is 22.6. The van der Waals surface area contributed by atoms with Gasteiger partial charge in [0, 0.05) is 31.1 Å². The Labute approximate surface area is 172 Å². The minimum atomic E-state index is -3.40. The third-order valence-electron chi connectivity index (χ3n) is 5.33. The normalized spacial score (nSPS) is 19.7. The molecule has 9 heteroatoms. The van der Waals surface area contributed by atoms with Gasteiger partial charge in [-0.1, -0.05) is 6.42 Å². The van der Waals surface area contributed by atoms with Gasteiger partial charge in [-0.2, -0.15) is 4.31 Å². The molecular weight excluding hydrogens is 406 g/mol. The van der Waals surface area contributed by atoms with Gasteiger partial charge in [-0.3, -0.25) is 4.79 Å². The van der Waals surface area contributed by atoms with Crippen molar-refractivity contribution in [3.8, 4) is 0 Å². The van der Waals surface area contributed by atoms with Crippen molar-refractivity contribution in [1.82, 2.24) is 14.5 Å². The third-order valence-corrected chi connectivity index (χ3v) is 8.78. The maximum absolute atomic E-state index is 12.7. The number of carbonyl (C=O) groups excluding carboxylic acids is 1. The van der Waals surface area contributed by atoms with Crippen molar-refractivity contribution in [2.24, 2.45) is 5.92 Å². The summed E-state index contributed by atoms with van der Waals surface area (Å²) < 4.78 is 27.4. The second-order valence-electron chi connectivity index (χ2n) is 7.24. The number of thiophene rings is 1. The molecular formula is C18H30ClN3O3S2. The third kappa shape index (κ3) is 5.67. The molecule has 0 aliphatic carbocycles. The molecule has 3 rings (SSSR count). The van der Waals surface area contributed by atoms with Crippen LogP contribution in [0.2, 0.25) is 0 Å². The Balaban J connectivity index is 0.00000261. The van der Waals surface area contributed by atoms with Crippen LogP contribution < -0.4 is 5.32 Å². The lowest BCUT2D eigenvalue weighted by Gasteiger charge is -2.32. The molecule has 2 saturated heterocycles. The van der Waals surface area contributed by atoms with E-state index in [4.69, 9.17) is 0 Å². The number of nitrogens with one attached hydrogen (secondary N) is 1. The summed E-state index contributed by atoms with van der Waals surface area (Å²) in [5, 5.41) is 3.20. The highest BCUT2D eigenvalue weighted by atomic mass is 35.5. The van der Waals surface area contributed by atoms with E-state index in [1.165, 1.54) is 11.3 Å². The number of piperidine rings is 2. The van der Waals surface area contributed by atoms with Crippen LogP contribution in [0.1, 0.15) is 37.0 Å². The monoisotopic (exact) mass is 435 g/mol. The van der Waals surface area contributed by atoms with Gasteiger partial charge < -0.3 is 10.2 Å². The summed E-state index contributed by atoms with van der Waals surface area (Å²) in [6.45, 7) is 3.82. The molecule has 0 bridgehead atoms. The fourth-order valence-electron chi connectivity index (χ4n) is 3.76. The van der Waals surface area contributed by atoms with E-state index in [0.29, 0.717) is 29.6 Å². The summed E-state index contributed by atoms with van der Waals surface area (Å²) in [5.41, 5.74) is 0. The van der Waals surface area contributed by atoms with Crippen LogP contribution in [0.5, 0.6) is 0 Å². The van der Waals surface area contributed by atoms with E-state index in [-0.39, 0.29) is 18.3 Å². The molecule has 154 valence electrons. The number of likely N-dealkylation sites (tertiary alicyclic amines) is 1. The Kier molecular flexibility index (Phi) is 8.55. The first-order valence-corrected chi connectivity index (χ1v) is 11.8. The Morgan fingerprint density at radius 2 is 1.81 bits per heavy atom. The van der Waals surface area contributed by atoms with Gasteiger partial charge in [0.25, 0.3) is 10.0 Å². The minimum Gasteiger partial charge on any atom is -0.342 e. The van der Waals surface area contributed by atoms with Gasteiger partial charge in [0.15, 0.2) is 0 Å². The predicted molar refractivity (Wildman–Crippen MR) is 111 cm³/mol. The largest absolute Gasteiger partial charge is 0.342 e. The number of nitrogens with zero attached hydrogens (tertiary/aromatic N) is 2. The zero-order chi connectivity index (χ0) is 18.6. The minimum absolute atomic E-state index is 0. The quantitative estimate of drug-likeness (QED) is 0.744. The van der Waals surface area contributed by atoms with Crippen LogP contribution in [0.3, 0.4) is 0 Å². The van der Waals surface area contributed by atoms with Crippen molar-refractivity contribution >= 4 is 39.7 Å². The second-order valence-corrected chi connectivity index (χ2v) is 10.6. The standard InChI is InChI=1S/C18H29N3O3S2.ClH/c1-19-14-15-7-11-20(12-8-15)17(22)13-16-5-6-18(25-16)26(23,24)21-9-3-2-4-10-21;/h5-6,15,19H,2-4,7-14H2,1H3;1H. The highest BCUT2D eigenvalue weighted by Gasteiger charge is 2.28. The molecule has 0 spiro atoms. The lowest BCUT2D eigenvalue weighted by atomic mass is 9.96. The summed E-state index contributed by atoms with van der Waals surface area (Å²) in [5.74, 6) is 0.753. The van der Waals surface area contributed by atoms with Gasteiger partial charge in [0.05, 0.1) is 6.42 Å². The van der Waals surface area contributed by atoms with Gasteiger partial charge in [0.2, 0.25) is 5.91 Å². The van der Waals surface area contributed by atoms with Gasteiger partial charge in [-0.05, 0) is 57.3 Å². The summed E-state index contributed by atoms with van der Waals surface area (Å²) >= 11 is 1.25. The number of amides is 1. The zero-order valence-electron chi connectivity index (χ0n) is 15.9. The molecule has 3 heterocycles. The summed E-state index contributed by atoms with van der Waals surface area (Å²) in [6.07, 6.45) is 5.33. The summed E-state index contributed by atoms with van der Waals surface area (Å²) in [7, 11) is -1.43. The van der Waals surface area contributed by atoms with Crippen LogP contribution in [0, 0.1) is 5.92 Å². The molecule has 0 saturated carbocycles. The Hall–Kier alpha value is -0.670. The van der Waals surface area contributed by atoms with Gasteiger partial charge in [0.1, 0.15) is 4.21 Å². The molecule has 0 aromatic carbocycles. The SMILES string of the molecule is CNCC1CCN(C(=O)Cc2ccc(S(=O)(=O)N3CCCCC3)s2)CC1.Cl. The van der Waals surface area contributed by atoms with Crippen LogP contribution in [0.25, 0.3) is 0 Å². The van der Waals surface area contributed by atoms with E-state index in [1.54, 1.807) is 16.4 Å². The van der Waals surface area contributed by atoms with Crippen LogP contribution in [0.15, 0.2) is 16.3 Å². The van der Waals surface area contributed by atoms with Gasteiger partial charge in [-0.25, -0.2) is 8.42 Å². The molecule has 0 radical (unpaired) electrons. The molecule has 0 atom stereocenters. The van der Waals surface area contributed by atoms with Crippen LogP contribution >= 0.6 is 23.7 Å². The van der Waals surface area contributed by atoms with Crippen LogP contribution in [-0.2, 0) is 21.2 Å². The van der Waals surface area contributed by atoms with Crippen LogP contribution in [-0.4, -0.2) is 63.3 Å². The molecule has 1 aromatic rings. The number of halogens is 1. The van der Waals surface area contributed by atoms with Crippen molar-refractivity contribution < 1.29 is 13.2 Å².